The zero-order valence-electron chi connectivity index (χ0n) is 11.3. The van der Waals surface area contributed by atoms with E-state index in [9.17, 15) is 0 Å². The van der Waals surface area contributed by atoms with Gasteiger partial charge in [-0.15, -0.1) is 0 Å². The number of benzene rings is 1. The minimum absolute atomic E-state index is 0.423. The minimum Gasteiger partial charge on any atom is -0.309 e. The summed E-state index contributed by atoms with van der Waals surface area (Å²) in [6.07, 6.45) is 2.43. The molecule has 1 atom stereocenters. The van der Waals surface area contributed by atoms with E-state index in [-0.39, 0.29) is 0 Å². The van der Waals surface area contributed by atoms with Crippen LogP contribution in [0.25, 0.3) is 11.3 Å². The Hall–Kier alpha value is -1.13. The van der Waals surface area contributed by atoms with E-state index in [0.29, 0.717) is 6.04 Å². The van der Waals surface area contributed by atoms with Gasteiger partial charge in [-0.25, -0.2) is 0 Å². The number of nitrogens with zero attached hydrogens (tertiary/aromatic N) is 2. The molecule has 4 heteroatoms. The van der Waals surface area contributed by atoms with Gasteiger partial charge in [-0.05, 0) is 44.0 Å². The monoisotopic (exact) mass is 319 g/mol. The van der Waals surface area contributed by atoms with Crippen molar-refractivity contribution in [3.8, 4) is 11.3 Å². The molecule has 2 heterocycles. The molecule has 1 aromatic carbocycles. The van der Waals surface area contributed by atoms with Crippen molar-refractivity contribution in [2.45, 2.75) is 25.8 Å². The van der Waals surface area contributed by atoms with E-state index in [2.05, 4.69) is 52.4 Å². The summed E-state index contributed by atoms with van der Waals surface area (Å²) in [7, 11) is 2.03. The molecule has 3 nitrogen and oxygen atoms in total. The molecule has 0 spiro atoms. The first kappa shape index (κ1) is 12.9. The van der Waals surface area contributed by atoms with Crippen LogP contribution in [0.5, 0.6) is 0 Å². The number of hydrogen-bond donors (Lipinski definition) is 1. The van der Waals surface area contributed by atoms with Crippen LogP contribution in [0, 0.1) is 6.92 Å². The zero-order valence-corrected chi connectivity index (χ0v) is 12.9. The fourth-order valence-corrected chi connectivity index (χ4v) is 3.34. The number of rotatable bonds is 2. The molecule has 0 bridgehead atoms. The highest BCUT2D eigenvalue weighted by atomic mass is 79.9. The summed E-state index contributed by atoms with van der Waals surface area (Å²) < 4.78 is 3.11. The topological polar surface area (TPSA) is 29.9 Å². The number of hydrogen-bond acceptors (Lipinski definition) is 2. The molecular formula is C15H18BrN3. The van der Waals surface area contributed by atoms with Gasteiger partial charge in [0, 0.05) is 17.1 Å². The Balaban J connectivity index is 2.07. The van der Waals surface area contributed by atoms with Crippen molar-refractivity contribution in [2.75, 3.05) is 6.54 Å². The van der Waals surface area contributed by atoms with Crippen LogP contribution in [0.3, 0.4) is 0 Å². The largest absolute Gasteiger partial charge is 0.309 e. The summed E-state index contributed by atoms with van der Waals surface area (Å²) in [6.45, 7) is 3.28. The first-order chi connectivity index (χ1) is 9.16. The Kier molecular flexibility index (Phi) is 3.46. The van der Waals surface area contributed by atoms with Crippen molar-refractivity contribution >= 4 is 15.9 Å². The third-order valence-electron chi connectivity index (χ3n) is 3.81. The quantitative estimate of drug-likeness (QED) is 0.916. The first-order valence-corrected chi connectivity index (χ1v) is 7.49. The van der Waals surface area contributed by atoms with Gasteiger partial charge in [0.05, 0.1) is 17.4 Å². The van der Waals surface area contributed by atoms with Gasteiger partial charge < -0.3 is 5.32 Å². The molecule has 3 rings (SSSR count). The molecule has 2 aromatic rings. The molecule has 0 saturated carbocycles. The summed E-state index contributed by atoms with van der Waals surface area (Å²) in [6, 6.07) is 8.83. The van der Waals surface area contributed by atoms with Gasteiger partial charge >= 0.3 is 0 Å². The lowest BCUT2D eigenvalue weighted by Gasteiger charge is -2.08. The standard InChI is InChI=1S/C15H18BrN3/c1-10-14(13-7-4-8-17-13)18-19(2)15(10)11-5-3-6-12(16)9-11/h3,5-6,9,13,17H,4,7-8H2,1-2H3. The van der Waals surface area contributed by atoms with Gasteiger partial charge in [0.15, 0.2) is 0 Å². The molecule has 100 valence electrons. The van der Waals surface area contributed by atoms with Crippen LogP contribution >= 0.6 is 15.9 Å². The van der Waals surface area contributed by atoms with Gasteiger partial charge in [0.2, 0.25) is 0 Å². The zero-order chi connectivity index (χ0) is 13.4. The van der Waals surface area contributed by atoms with E-state index in [1.54, 1.807) is 0 Å². The molecule has 0 radical (unpaired) electrons. The molecule has 0 aliphatic carbocycles. The highest BCUT2D eigenvalue weighted by molar-refractivity contribution is 9.10. The van der Waals surface area contributed by atoms with E-state index >= 15 is 0 Å². The molecule has 1 aromatic heterocycles. The van der Waals surface area contributed by atoms with Crippen LogP contribution in [-0.4, -0.2) is 16.3 Å². The lowest BCUT2D eigenvalue weighted by atomic mass is 10.0. The first-order valence-electron chi connectivity index (χ1n) is 6.69. The maximum Gasteiger partial charge on any atom is 0.0829 e. The number of nitrogens with one attached hydrogen (secondary N) is 1. The Morgan fingerprint density at radius 1 is 1.42 bits per heavy atom. The normalized spacial score (nSPS) is 19.0. The van der Waals surface area contributed by atoms with Crippen LogP contribution < -0.4 is 5.32 Å². The Labute approximate surface area is 122 Å². The maximum atomic E-state index is 4.74. The van der Waals surface area contributed by atoms with Crippen molar-refractivity contribution in [1.29, 1.82) is 0 Å². The predicted octanol–water partition coefficient (Wildman–Crippen LogP) is 3.58. The second kappa shape index (κ2) is 5.10. The Bertz CT molecular complexity index is 597. The molecule has 1 aliphatic heterocycles. The highest BCUT2D eigenvalue weighted by Crippen LogP contribution is 2.32. The van der Waals surface area contributed by atoms with Gasteiger partial charge in [-0.2, -0.15) is 5.10 Å². The summed E-state index contributed by atoms with van der Waals surface area (Å²) in [5, 5.41) is 8.27. The molecule has 19 heavy (non-hydrogen) atoms. The summed E-state index contributed by atoms with van der Waals surface area (Å²) in [5.74, 6) is 0. The molecular weight excluding hydrogens is 302 g/mol. The van der Waals surface area contributed by atoms with Crippen LogP contribution in [0.2, 0.25) is 0 Å². The van der Waals surface area contributed by atoms with E-state index < -0.39 is 0 Å². The summed E-state index contributed by atoms with van der Waals surface area (Å²) in [5.41, 5.74) is 4.92. The van der Waals surface area contributed by atoms with E-state index in [4.69, 9.17) is 5.10 Å². The number of aromatic nitrogens is 2. The summed E-state index contributed by atoms with van der Waals surface area (Å²) >= 11 is 3.54. The van der Waals surface area contributed by atoms with Crippen LogP contribution in [-0.2, 0) is 7.05 Å². The predicted molar refractivity (Wildman–Crippen MR) is 81.1 cm³/mol. The second-order valence-electron chi connectivity index (χ2n) is 5.14. The lowest BCUT2D eigenvalue weighted by molar-refractivity contribution is 0.605. The van der Waals surface area contributed by atoms with E-state index in [1.807, 2.05) is 11.7 Å². The van der Waals surface area contributed by atoms with Gasteiger partial charge in [-0.1, -0.05) is 28.1 Å². The highest BCUT2D eigenvalue weighted by Gasteiger charge is 2.24. The van der Waals surface area contributed by atoms with Gasteiger partial charge in [-0.3, -0.25) is 4.68 Å². The van der Waals surface area contributed by atoms with Crippen LogP contribution in [0.15, 0.2) is 28.7 Å². The molecule has 1 saturated heterocycles. The SMILES string of the molecule is Cc1c(C2CCCN2)nn(C)c1-c1cccc(Br)c1. The average molecular weight is 320 g/mol. The second-order valence-corrected chi connectivity index (χ2v) is 6.06. The smallest absolute Gasteiger partial charge is 0.0829 e. The van der Waals surface area contributed by atoms with Crippen molar-refractivity contribution < 1.29 is 0 Å². The van der Waals surface area contributed by atoms with Crippen LogP contribution in [0.4, 0.5) is 0 Å². The number of aryl methyl sites for hydroxylation is 1. The minimum atomic E-state index is 0.423. The molecule has 1 unspecified atom stereocenters. The molecule has 1 aliphatic rings. The van der Waals surface area contributed by atoms with Gasteiger partial charge in [0.25, 0.3) is 0 Å². The van der Waals surface area contributed by atoms with Crippen molar-refractivity contribution in [2.24, 2.45) is 7.05 Å². The van der Waals surface area contributed by atoms with E-state index in [0.717, 1.165) is 11.0 Å². The summed E-state index contributed by atoms with van der Waals surface area (Å²) in [4.78, 5) is 0. The molecule has 0 amide bonds. The van der Waals surface area contributed by atoms with Crippen molar-refractivity contribution in [1.82, 2.24) is 15.1 Å². The van der Waals surface area contributed by atoms with Crippen molar-refractivity contribution in [3.63, 3.8) is 0 Å². The van der Waals surface area contributed by atoms with Gasteiger partial charge in [0.1, 0.15) is 0 Å². The fourth-order valence-electron chi connectivity index (χ4n) is 2.94. The Morgan fingerprint density at radius 3 is 2.95 bits per heavy atom. The van der Waals surface area contributed by atoms with Crippen molar-refractivity contribution in [3.05, 3.63) is 40.0 Å². The third-order valence-corrected chi connectivity index (χ3v) is 4.30. The number of halogens is 1. The van der Waals surface area contributed by atoms with Crippen LogP contribution in [0.1, 0.15) is 30.1 Å². The Morgan fingerprint density at radius 2 is 2.26 bits per heavy atom. The lowest BCUT2D eigenvalue weighted by Crippen LogP contribution is -2.14. The third kappa shape index (κ3) is 2.35. The van der Waals surface area contributed by atoms with E-state index in [1.165, 1.54) is 35.4 Å². The average Bonchev–Trinajstić information content (AvgIpc) is 2.97. The molecule has 1 fully saturated rings. The molecule has 1 N–H and O–H groups in total. The maximum absolute atomic E-state index is 4.74. The fraction of sp³-hybridized carbons (Fsp3) is 0.400.